The number of rotatable bonds is 3. The maximum atomic E-state index is 5.78. The van der Waals surface area contributed by atoms with Gasteiger partial charge in [-0.3, -0.25) is 0 Å². The Hall–Kier alpha value is -0.430. The van der Waals surface area contributed by atoms with Gasteiger partial charge in [0, 0.05) is 12.0 Å². The molecular formula is C12H17O2P. The summed E-state index contributed by atoms with van der Waals surface area (Å²) in [4.78, 5) is 0. The molecule has 1 fully saturated rings. The maximum absolute atomic E-state index is 5.78. The lowest BCUT2D eigenvalue weighted by Gasteiger charge is -2.27. The van der Waals surface area contributed by atoms with E-state index in [1.54, 1.807) is 0 Å². The van der Waals surface area contributed by atoms with Crippen LogP contribution < -0.4 is 5.30 Å². The second-order valence-electron chi connectivity index (χ2n) is 3.82. The quantitative estimate of drug-likeness (QED) is 0.733. The molecule has 0 spiro atoms. The van der Waals surface area contributed by atoms with Crippen LogP contribution in [-0.4, -0.2) is 13.2 Å². The minimum Gasteiger partial charge on any atom is -0.343 e. The molecule has 1 unspecified atom stereocenters. The molecule has 0 bridgehead atoms. The lowest BCUT2D eigenvalue weighted by Crippen LogP contribution is -2.27. The van der Waals surface area contributed by atoms with E-state index in [-0.39, 0.29) is 0 Å². The monoisotopic (exact) mass is 224 g/mol. The van der Waals surface area contributed by atoms with Crippen LogP contribution in [-0.2, 0) is 15.3 Å². The van der Waals surface area contributed by atoms with E-state index in [2.05, 4.69) is 40.4 Å². The zero-order valence-corrected chi connectivity index (χ0v) is 10.2. The molecule has 82 valence electrons. The molecule has 0 saturated carbocycles. The third-order valence-electron chi connectivity index (χ3n) is 2.68. The second-order valence-corrected chi connectivity index (χ2v) is 4.49. The van der Waals surface area contributed by atoms with E-state index in [1.165, 1.54) is 5.30 Å². The van der Waals surface area contributed by atoms with Crippen LogP contribution in [0.5, 0.6) is 0 Å². The average molecular weight is 224 g/mol. The molecule has 0 aromatic heterocycles. The van der Waals surface area contributed by atoms with E-state index in [0.717, 1.165) is 18.4 Å². The molecule has 1 aliphatic rings. The molecule has 1 aromatic carbocycles. The van der Waals surface area contributed by atoms with E-state index in [1.807, 2.05) is 0 Å². The second kappa shape index (κ2) is 4.61. The Kier molecular flexibility index (Phi) is 3.40. The smallest absolute Gasteiger partial charge is 0.194 e. The van der Waals surface area contributed by atoms with Crippen molar-refractivity contribution < 1.29 is 9.47 Å². The highest BCUT2D eigenvalue weighted by Gasteiger charge is 2.37. The fourth-order valence-corrected chi connectivity index (χ4v) is 2.17. The molecule has 0 aliphatic carbocycles. The van der Waals surface area contributed by atoms with Gasteiger partial charge in [0.15, 0.2) is 5.79 Å². The minimum absolute atomic E-state index is 0.479. The SMILES string of the molecule is CCCC1(c2ccc(P)cc2)OCCO1. The van der Waals surface area contributed by atoms with Crippen LogP contribution in [0.25, 0.3) is 0 Å². The lowest BCUT2D eigenvalue weighted by molar-refractivity contribution is -0.170. The summed E-state index contributed by atoms with van der Waals surface area (Å²) in [6.45, 7) is 3.54. The Morgan fingerprint density at radius 2 is 1.80 bits per heavy atom. The van der Waals surface area contributed by atoms with Crippen molar-refractivity contribution in [3.63, 3.8) is 0 Å². The largest absolute Gasteiger partial charge is 0.343 e. The van der Waals surface area contributed by atoms with Gasteiger partial charge in [-0.25, -0.2) is 0 Å². The van der Waals surface area contributed by atoms with Gasteiger partial charge in [0.2, 0.25) is 0 Å². The predicted molar refractivity (Wildman–Crippen MR) is 64.3 cm³/mol. The van der Waals surface area contributed by atoms with Crippen molar-refractivity contribution in [3.8, 4) is 0 Å². The number of hydrogen-bond donors (Lipinski definition) is 0. The van der Waals surface area contributed by atoms with E-state index in [0.29, 0.717) is 13.2 Å². The Morgan fingerprint density at radius 1 is 1.20 bits per heavy atom. The summed E-state index contributed by atoms with van der Waals surface area (Å²) >= 11 is 0. The fraction of sp³-hybridized carbons (Fsp3) is 0.500. The average Bonchev–Trinajstić information content (AvgIpc) is 2.69. The molecule has 3 heteroatoms. The standard InChI is InChI=1S/C12H17O2P/c1-2-7-12(13-8-9-14-12)10-3-5-11(15)6-4-10/h3-6H,2,7-9,15H2,1H3. The minimum atomic E-state index is -0.479. The molecule has 1 atom stereocenters. The third kappa shape index (κ3) is 2.23. The Labute approximate surface area is 93.2 Å². The normalized spacial score (nSPS) is 19.3. The van der Waals surface area contributed by atoms with Gasteiger partial charge in [0.1, 0.15) is 0 Å². The first kappa shape index (κ1) is 11.1. The van der Waals surface area contributed by atoms with Crippen LogP contribution in [0, 0.1) is 0 Å². The number of benzene rings is 1. The van der Waals surface area contributed by atoms with Crippen LogP contribution in [0.1, 0.15) is 25.3 Å². The molecule has 1 heterocycles. The summed E-state index contributed by atoms with van der Waals surface area (Å²) in [5, 5.41) is 1.18. The highest BCUT2D eigenvalue weighted by molar-refractivity contribution is 7.27. The van der Waals surface area contributed by atoms with Crippen LogP contribution in [0.2, 0.25) is 0 Å². The van der Waals surface area contributed by atoms with Crippen molar-refractivity contribution in [3.05, 3.63) is 29.8 Å². The topological polar surface area (TPSA) is 18.5 Å². The molecule has 0 amide bonds. The van der Waals surface area contributed by atoms with Crippen LogP contribution in [0.4, 0.5) is 0 Å². The van der Waals surface area contributed by atoms with Gasteiger partial charge in [-0.15, -0.1) is 9.24 Å². The maximum Gasteiger partial charge on any atom is 0.194 e. The van der Waals surface area contributed by atoms with E-state index in [4.69, 9.17) is 9.47 Å². The van der Waals surface area contributed by atoms with Gasteiger partial charge in [-0.1, -0.05) is 37.6 Å². The molecule has 0 radical (unpaired) electrons. The zero-order valence-electron chi connectivity index (χ0n) is 9.03. The highest BCUT2D eigenvalue weighted by Crippen LogP contribution is 2.35. The Morgan fingerprint density at radius 3 is 2.33 bits per heavy atom. The molecule has 0 N–H and O–H groups in total. The van der Waals surface area contributed by atoms with Crippen molar-refractivity contribution >= 4 is 14.5 Å². The molecule has 2 nitrogen and oxygen atoms in total. The first-order chi connectivity index (χ1) is 7.27. The van der Waals surface area contributed by atoms with Gasteiger partial charge < -0.3 is 9.47 Å². The van der Waals surface area contributed by atoms with Crippen LogP contribution in [0.15, 0.2) is 24.3 Å². The highest BCUT2D eigenvalue weighted by atomic mass is 31.0. The van der Waals surface area contributed by atoms with Gasteiger partial charge in [0.25, 0.3) is 0 Å². The van der Waals surface area contributed by atoms with Gasteiger partial charge >= 0.3 is 0 Å². The number of hydrogen-bond acceptors (Lipinski definition) is 2. The molecule has 15 heavy (non-hydrogen) atoms. The van der Waals surface area contributed by atoms with Gasteiger partial charge in [-0.05, 0) is 5.30 Å². The first-order valence-corrected chi connectivity index (χ1v) is 5.98. The van der Waals surface area contributed by atoms with Crippen LogP contribution in [0.3, 0.4) is 0 Å². The van der Waals surface area contributed by atoms with Crippen molar-refractivity contribution in [2.24, 2.45) is 0 Å². The number of ether oxygens (including phenoxy) is 2. The molecule has 1 aliphatic heterocycles. The van der Waals surface area contributed by atoms with Gasteiger partial charge in [-0.2, -0.15) is 0 Å². The Bertz CT molecular complexity index is 315. The van der Waals surface area contributed by atoms with Crippen molar-refractivity contribution in [2.75, 3.05) is 13.2 Å². The molecule has 2 rings (SSSR count). The summed E-state index contributed by atoms with van der Waals surface area (Å²) in [5.41, 5.74) is 1.13. The molecule has 1 saturated heterocycles. The lowest BCUT2D eigenvalue weighted by atomic mass is 10.0. The summed E-state index contributed by atoms with van der Waals surface area (Å²) in [7, 11) is 2.69. The summed E-state index contributed by atoms with van der Waals surface area (Å²) in [6.07, 6.45) is 1.98. The Balaban J connectivity index is 2.28. The molecular weight excluding hydrogens is 207 g/mol. The van der Waals surface area contributed by atoms with Crippen molar-refractivity contribution in [1.82, 2.24) is 0 Å². The molecule has 1 aromatic rings. The summed E-state index contributed by atoms with van der Waals surface area (Å²) in [5.74, 6) is -0.479. The van der Waals surface area contributed by atoms with E-state index >= 15 is 0 Å². The fourth-order valence-electron chi connectivity index (χ4n) is 1.98. The summed E-state index contributed by atoms with van der Waals surface area (Å²) < 4.78 is 11.6. The predicted octanol–water partition coefficient (Wildman–Crippen LogP) is 2.19. The van der Waals surface area contributed by atoms with Crippen molar-refractivity contribution in [2.45, 2.75) is 25.6 Å². The third-order valence-corrected chi connectivity index (χ3v) is 3.07. The van der Waals surface area contributed by atoms with E-state index in [9.17, 15) is 0 Å². The zero-order chi connectivity index (χ0) is 10.7. The van der Waals surface area contributed by atoms with Crippen LogP contribution >= 0.6 is 9.24 Å². The summed E-state index contributed by atoms with van der Waals surface area (Å²) in [6, 6.07) is 8.32. The van der Waals surface area contributed by atoms with Gasteiger partial charge in [0.05, 0.1) is 13.2 Å². The van der Waals surface area contributed by atoms with E-state index < -0.39 is 5.79 Å². The van der Waals surface area contributed by atoms with Crippen molar-refractivity contribution in [1.29, 1.82) is 0 Å². The first-order valence-electron chi connectivity index (χ1n) is 5.41.